The van der Waals surface area contributed by atoms with Crippen molar-refractivity contribution in [3.63, 3.8) is 0 Å². The number of hydrogen-bond donors (Lipinski definition) is 1. The van der Waals surface area contributed by atoms with Gasteiger partial charge >= 0.3 is 5.97 Å². The van der Waals surface area contributed by atoms with Crippen LogP contribution in [0.2, 0.25) is 5.02 Å². The Kier molecular flexibility index (Phi) is 2.78. The number of carboxylic acids is 1. The second-order valence-corrected chi connectivity index (χ2v) is 4.17. The van der Waals surface area contributed by atoms with Gasteiger partial charge in [-0.1, -0.05) is 23.7 Å². The van der Waals surface area contributed by atoms with Gasteiger partial charge in [0.25, 0.3) is 0 Å². The summed E-state index contributed by atoms with van der Waals surface area (Å²) in [6.07, 6.45) is 3.68. The molecular weight excluding hydrogens is 212 g/mol. The number of aliphatic carboxylic acids is 1. The van der Waals surface area contributed by atoms with Crippen molar-refractivity contribution in [2.45, 2.75) is 12.8 Å². The van der Waals surface area contributed by atoms with Crippen LogP contribution in [0.1, 0.15) is 18.4 Å². The van der Waals surface area contributed by atoms with Crippen molar-refractivity contribution in [3.05, 3.63) is 40.4 Å². The lowest BCUT2D eigenvalue weighted by Gasteiger charge is -2.00. The Hall–Kier alpha value is -1.28. The van der Waals surface area contributed by atoms with E-state index in [0.717, 1.165) is 18.4 Å². The molecule has 78 valence electrons. The molecule has 1 aromatic rings. The summed E-state index contributed by atoms with van der Waals surface area (Å²) in [6, 6.07) is 7.22. The molecular formula is C12H11ClO2. The monoisotopic (exact) mass is 222 g/mol. The Morgan fingerprint density at radius 2 is 2.20 bits per heavy atom. The van der Waals surface area contributed by atoms with E-state index in [9.17, 15) is 4.79 Å². The van der Waals surface area contributed by atoms with Gasteiger partial charge in [0.2, 0.25) is 0 Å². The van der Waals surface area contributed by atoms with E-state index in [1.807, 2.05) is 12.1 Å². The highest BCUT2D eigenvalue weighted by atomic mass is 35.5. The van der Waals surface area contributed by atoms with Crippen LogP contribution in [0.3, 0.4) is 0 Å². The molecule has 1 saturated carbocycles. The van der Waals surface area contributed by atoms with Crippen LogP contribution in [0.25, 0.3) is 6.08 Å². The Morgan fingerprint density at radius 3 is 2.73 bits per heavy atom. The minimum Gasteiger partial charge on any atom is -0.478 e. The van der Waals surface area contributed by atoms with E-state index in [1.165, 1.54) is 0 Å². The summed E-state index contributed by atoms with van der Waals surface area (Å²) in [5.41, 5.74) is 1.35. The molecule has 0 spiro atoms. The highest BCUT2D eigenvalue weighted by Crippen LogP contribution is 2.37. The van der Waals surface area contributed by atoms with Crippen LogP contribution in [0.15, 0.2) is 29.8 Å². The largest absolute Gasteiger partial charge is 0.478 e. The smallest absolute Gasteiger partial charge is 0.331 e. The average molecular weight is 223 g/mol. The summed E-state index contributed by atoms with van der Waals surface area (Å²) in [7, 11) is 0. The molecule has 15 heavy (non-hydrogen) atoms. The van der Waals surface area contributed by atoms with E-state index in [2.05, 4.69) is 0 Å². The fourth-order valence-corrected chi connectivity index (χ4v) is 1.72. The Balaban J connectivity index is 2.30. The maximum absolute atomic E-state index is 11.0. The lowest BCUT2D eigenvalue weighted by atomic mass is 10.1. The lowest BCUT2D eigenvalue weighted by molar-refractivity contribution is -0.132. The van der Waals surface area contributed by atoms with Gasteiger partial charge in [0.05, 0.1) is 0 Å². The molecule has 1 N–H and O–H groups in total. The van der Waals surface area contributed by atoms with E-state index < -0.39 is 5.97 Å². The first kappa shape index (κ1) is 10.2. The summed E-state index contributed by atoms with van der Waals surface area (Å²) < 4.78 is 0. The molecule has 0 aliphatic heterocycles. The van der Waals surface area contributed by atoms with Crippen molar-refractivity contribution in [2.75, 3.05) is 0 Å². The molecule has 2 rings (SSSR count). The Labute approximate surface area is 93.2 Å². The van der Waals surface area contributed by atoms with E-state index in [0.29, 0.717) is 10.6 Å². The molecule has 0 radical (unpaired) electrons. The van der Waals surface area contributed by atoms with Gasteiger partial charge < -0.3 is 5.11 Å². The van der Waals surface area contributed by atoms with Gasteiger partial charge in [-0.15, -0.1) is 0 Å². The Morgan fingerprint density at radius 1 is 1.47 bits per heavy atom. The predicted octanol–water partition coefficient (Wildman–Crippen LogP) is 3.22. The van der Waals surface area contributed by atoms with Gasteiger partial charge in [0.1, 0.15) is 0 Å². The molecule has 1 aliphatic rings. The zero-order valence-corrected chi connectivity index (χ0v) is 8.87. The molecule has 0 atom stereocenters. The average Bonchev–Trinajstić information content (AvgIpc) is 2.97. The fraction of sp³-hybridized carbons (Fsp3) is 0.250. The van der Waals surface area contributed by atoms with Gasteiger partial charge in [-0.3, -0.25) is 0 Å². The molecule has 3 heteroatoms. The van der Waals surface area contributed by atoms with E-state index in [-0.39, 0.29) is 5.92 Å². The molecule has 1 aromatic carbocycles. The standard InChI is InChI=1S/C12H11ClO2/c13-10-3-1-2-8(6-10)7-11(12(14)15)9-4-5-9/h1-3,6-7,9H,4-5H2,(H,14,15)/b11-7-. The maximum atomic E-state index is 11.0. The minimum atomic E-state index is -0.822. The predicted molar refractivity (Wildman–Crippen MR) is 59.8 cm³/mol. The van der Waals surface area contributed by atoms with Crippen molar-refractivity contribution in [3.8, 4) is 0 Å². The maximum Gasteiger partial charge on any atom is 0.331 e. The van der Waals surface area contributed by atoms with Gasteiger partial charge in [0.15, 0.2) is 0 Å². The van der Waals surface area contributed by atoms with E-state index >= 15 is 0 Å². The normalized spacial score (nSPS) is 16.5. The number of carbonyl (C=O) groups is 1. The summed E-state index contributed by atoms with van der Waals surface area (Å²) in [4.78, 5) is 11.0. The Bertz CT molecular complexity index is 419. The van der Waals surface area contributed by atoms with Crippen LogP contribution in [-0.2, 0) is 4.79 Å². The summed E-state index contributed by atoms with van der Waals surface area (Å²) in [6.45, 7) is 0. The van der Waals surface area contributed by atoms with Crippen molar-refractivity contribution >= 4 is 23.6 Å². The molecule has 0 bridgehead atoms. The first-order valence-corrected chi connectivity index (χ1v) is 5.25. The summed E-state index contributed by atoms with van der Waals surface area (Å²) in [5.74, 6) is -0.584. The third-order valence-corrected chi connectivity index (χ3v) is 2.67. The molecule has 0 unspecified atom stereocenters. The number of hydrogen-bond acceptors (Lipinski definition) is 1. The minimum absolute atomic E-state index is 0.237. The molecule has 2 nitrogen and oxygen atoms in total. The molecule has 0 heterocycles. The first-order valence-electron chi connectivity index (χ1n) is 4.87. The van der Waals surface area contributed by atoms with Gasteiger partial charge in [-0.2, -0.15) is 0 Å². The van der Waals surface area contributed by atoms with Crippen LogP contribution < -0.4 is 0 Å². The second-order valence-electron chi connectivity index (χ2n) is 3.73. The molecule has 0 amide bonds. The van der Waals surface area contributed by atoms with Crippen molar-refractivity contribution in [2.24, 2.45) is 5.92 Å². The van der Waals surface area contributed by atoms with Crippen molar-refractivity contribution < 1.29 is 9.90 Å². The number of benzene rings is 1. The number of carboxylic acid groups (broad SMARTS) is 1. The number of rotatable bonds is 3. The summed E-state index contributed by atoms with van der Waals surface area (Å²) >= 11 is 5.83. The van der Waals surface area contributed by atoms with Crippen molar-refractivity contribution in [1.82, 2.24) is 0 Å². The molecule has 1 fully saturated rings. The van der Waals surface area contributed by atoms with Gasteiger partial charge in [0, 0.05) is 10.6 Å². The van der Waals surface area contributed by atoms with Crippen LogP contribution in [0, 0.1) is 5.92 Å². The van der Waals surface area contributed by atoms with Crippen LogP contribution in [-0.4, -0.2) is 11.1 Å². The van der Waals surface area contributed by atoms with Crippen molar-refractivity contribution in [1.29, 1.82) is 0 Å². The highest BCUT2D eigenvalue weighted by Gasteiger charge is 2.30. The summed E-state index contributed by atoms with van der Waals surface area (Å²) in [5, 5.41) is 9.64. The zero-order valence-electron chi connectivity index (χ0n) is 8.11. The second kappa shape index (κ2) is 4.07. The van der Waals surface area contributed by atoms with E-state index in [1.54, 1.807) is 18.2 Å². The van der Waals surface area contributed by atoms with Gasteiger partial charge in [-0.25, -0.2) is 4.79 Å². The lowest BCUT2D eigenvalue weighted by Crippen LogP contribution is -2.01. The third kappa shape index (κ3) is 2.60. The van der Waals surface area contributed by atoms with Crippen LogP contribution >= 0.6 is 11.6 Å². The van der Waals surface area contributed by atoms with Crippen LogP contribution in [0.4, 0.5) is 0 Å². The van der Waals surface area contributed by atoms with Gasteiger partial charge in [-0.05, 0) is 42.5 Å². The first-order chi connectivity index (χ1) is 7.16. The quantitative estimate of drug-likeness (QED) is 0.798. The SMILES string of the molecule is O=C(O)/C(=C\c1cccc(Cl)c1)C1CC1. The zero-order chi connectivity index (χ0) is 10.8. The fourth-order valence-electron chi connectivity index (χ4n) is 1.52. The number of halogens is 1. The molecule has 1 aliphatic carbocycles. The van der Waals surface area contributed by atoms with Crippen LogP contribution in [0.5, 0.6) is 0 Å². The topological polar surface area (TPSA) is 37.3 Å². The molecule has 0 aromatic heterocycles. The molecule has 0 saturated heterocycles. The van der Waals surface area contributed by atoms with E-state index in [4.69, 9.17) is 16.7 Å². The highest BCUT2D eigenvalue weighted by molar-refractivity contribution is 6.30. The third-order valence-electron chi connectivity index (χ3n) is 2.43.